The predicted octanol–water partition coefficient (Wildman–Crippen LogP) is 1.86. The lowest BCUT2D eigenvalue weighted by Gasteiger charge is -2.18. The van der Waals surface area contributed by atoms with Gasteiger partial charge in [0.05, 0.1) is 39.6 Å². The minimum Gasteiger partial charge on any atom is -0.481 e. The maximum Gasteiger partial charge on any atom is 0.326 e. The summed E-state index contributed by atoms with van der Waals surface area (Å²) in [4.78, 5) is 118. The molecular formula is C45H77N5O18. The Balaban J connectivity index is 4.25. The van der Waals surface area contributed by atoms with Gasteiger partial charge < -0.3 is 70.8 Å². The molecule has 0 aromatic heterocycles. The molecule has 5 amide bonds. The zero-order chi connectivity index (χ0) is 50.6. The third-order valence-corrected chi connectivity index (χ3v) is 10.2. The number of rotatable bonds is 48. The Labute approximate surface area is 398 Å². The predicted molar refractivity (Wildman–Crippen MR) is 243 cm³/mol. The molecule has 0 aliphatic carbocycles. The summed E-state index contributed by atoms with van der Waals surface area (Å²) in [6.45, 7) is 1.28. The minimum absolute atomic E-state index is 0.00537. The van der Waals surface area contributed by atoms with Crippen LogP contribution in [-0.4, -0.2) is 164 Å². The molecule has 3 atom stereocenters. The average molecular weight is 976 g/mol. The first-order chi connectivity index (χ1) is 32.7. The van der Waals surface area contributed by atoms with E-state index in [0.717, 1.165) is 57.8 Å². The van der Waals surface area contributed by atoms with E-state index in [0.29, 0.717) is 12.7 Å². The molecule has 0 spiro atoms. The number of ether oxygens (including phenoxy) is 4. The number of hydrogen-bond acceptors (Lipinski definition) is 14. The van der Waals surface area contributed by atoms with Crippen molar-refractivity contribution in [1.82, 2.24) is 26.6 Å². The van der Waals surface area contributed by atoms with Gasteiger partial charge in [-0.15, -0.1) is 0 Å². The lowest BCUT2D eigenvalue weighted by Crippen LogP contribution is -2.45. The quantitative estimate of drug-likeness (QED) is 0.0310. The number of nitrogens with one attached hydrogen (secondary N) is 5. The van der Waals surface area contributed by atoms with E-state index < -0.39 is 84.9 Å². The molecular weight excluding hydrogens is 899 g/mol. The number of hydrogen-bond donors (Lipinski definition) is 9. The number of carboxylic acids is 4. The molecule has 0 radical (unpaired) electrons. The third-order valence-electron chi connectivity index (χ3n) is 10.2. The van der Waals surface area contributed by atoms with Crippen molar-refractivity contribution in [2.75, 3.05) is 65.9 Å². The zero-order valence-electron chi connectivity index (χ0n) is 39.4. The summed E-state index contributed by atoms with van der Waals surface area (Å²) in [5.41, 5.74) is 0. The van der Waals surface area contributed by atoms with Gasteiger partial charge in [-0.1, -0.05) is 77.0 Å². The monoisotopic (exact) mass is 976 g/mol. The van der Waals surface area contributed by atoms with Crippen LogP contribution in [0.3, 0.4) is 0 Å². The molecule has 0 aromatic carbocycles. The summed E-state index contributed by atoms with van der Waals surface area (Å²) in [6, 6.07) is -4.41. The van der Waals surface area contributed by atoms with E-state index in [1.165, 1.54) is 25.7 Å². The lowest BCUT2D eigenvalue weighted by molar-refractivity contribution is -0.144. The topological polar surface area (TPSA) is 349 Å². The Morgan fingerprint density at radius 3 is 1.12 bits per heavy atom. The van der Waals surface area contributed by atoms with Crippen LogP contribution in [0, 0.1) is 0 Å². The highest BCUT2D eigenvalue weighted by molar-refractivity contribution is 5.87. The molecule has 0 aromatic rings. The van der Waals surface area contributed by atoms with Gasteiger partial charge in [-0.3, -0.25) is 28.8 Å². The van der Waals surface area contributed by atoms with Crippen molar-refractivity contribution in [1.29, 1.82) is 0 Å². The number of aldehydes is 1. The average Bonchev–Trinajstić information content (AvgIpc) is 3.28. The molecule has 0 bridgehead atoms. The molecule has 0 heterocycles. The van der Waals surface area contributed by atoms with Crippen LogP contribution in [0.5, 0.6) is 0 Å². The van der Waals surface area contributed by atoms with Crippen molar-refractivity contribution >= 4 is 59.7 Å². The summed E-state index contributed by atoms with van der Waals surface area (Å²) in [5.74, 6) is -8.03. The smallest absolute Gasteiger partial charge is 0.326 e. The second-order valence-electron chi connectivity index (χ2n) is 16.1. The van der Waals surface area contributed by atoms with E-state index in [1.54, 1.807) is 0 Å². The van der Waals surface area contributed by atoms with E-state index >= 15 is 0 Å². The summed E-state index contributed by atoms with van der Waals surface area (Å²) in [6.07, 6.45) is 13.0. The molecule has 0 aliphatic heterocycles. The van der Waals surface area contributed by atoms with Crippen molar-refractivity contribution in [2.45, 2.75) is 159 Å². The summed E-state index contributed by atoms with van der Waals surface area (Å²) < 4.78 is 20.7. The Morgan fingerprint density at radius 2 is 0.721 bits per heavy atom. The molecule has 0 fully saturated rings. The molecule has 0 saturated carbocycles. The van der Waals surface area contributed by atoms with Gasteiger partial charge in [-0.05, 0) is 32.1 Å². The van der Waals surface area contributed by atoms with E-state index in [1.807, 2.05) is 0 Å². The first-order valence-electron chi connectivity index (χ1n) is 23.7. The van der Waals surface area contributed by atoms with Gasteiger partial charge in [0.15, 0.2) is 0 Å². The standard InChI is InChI=1S/C45H77N5O18/c51-25-28-67-30-29-65-27-24-47-41(56)33-68-32-31-66-26-23-46-37(52)20-17-34(43(59)60)49-39(54)22-19-36(45(63)64)50-40(55)21-18-35(44(61)62)48-38(53)15-13-11-9-7-5-3-1-2-4-6-8-10-12-14-16-42(57)58/h25,34-36H,1-24,26-33H2,(H,46,52)(H,47,56)(H,48,53)(H,49,54)(H,50,55)(H,57,58)(H,59,60)(H,61,62)(H,63,64). The van der Waals surface area contributed by atoms with Crippen LogP contribution in [0.25, 0.3) is 0 Å². The number of carbonyl (C=O) groups is 10. The van der Waals surface area contributed by atoms with Crippen molar-refractivity contribution in [3.05, 3.63) is 0 Å². The minimum atomic E-state index is -1.56. The van der Waals surface area contributed by atoms with Gasteiger partial charge in [-0.25, -0.2) is 14.4 Å². The maximum absolute atomic E-state index is 12.6. The molecule has 9 N–H and O–H groups in total. The van der Waals surface area contributed by atoms with Gasteiger partial charge in [0.25, 0.3) is 0 Å². The van der Waals surface area contributed by atoms with Crippen molar-refractivity contribution in [3.8, 4) is 0 Å². The van der Waals surface area contributed by atoms with E-state index in [-0.39, 0.29) is 104 Å². The highest BCUT2D eigenvalue weighted by Crippen LogP contribution is 2.14. The fraction of sp³-hybridized carbons (Fsp3) is 0.778. The molecule has 3 unspecified atom stereocenters. The first kappa shape index (κ1) is 62.7. The summed E-state index contributed by atoms with van der Waals surface area (Å²) >= 11 is 0. The van der Waals surface area contributed by atoms with Gasteiger partial charge in [0, 0.05) is 45.2 Å². The second-order valence-corrected chi connectivity index (χ2v) is 16.1. The van der Waals surface area contributed by atoms with Crippen molar-refractivity contribution < 1.29 is 87.3 Å². The fourth-order valence-corrected chi connectivity index (χ4v) is 6.48. The molecule has 68 heavy (non-hydrogen) atoms. The van der Waals surface area contributed by atoms with Crippen molar-refractivity contribution in [2.24, 2.45) is 0 Å². The highest BCUT2D eigenvalue weighted by atomic mass is 16.5. The zero-order valence-corrected chi connectivity index (χ0v) is 39.4. The van der Waals surface area contributed by atoms with Crippen LogP contribution in [0.15, 0.2) is 0 Å². The van der Waals surface area contributed by atoms with Crippen LogP contribution in [-0.2, 0) is 66.9 Å². The normalized spacial score (nSPS) is 12.2. The van der Waals surface area contributed by atoms with E-state index in [9.17, 15) is 63.3 Å². The van der Waals surface area contributed by atoms with Crippen LogP contribution in [0.4, 0.5) is 0 Å². The third kappa shape index (κ3) is 39.9. The van der Waals surface area contributed by atoms with Gasteiger partial charge in [0.2, 0.25) is 29.5 Å². The van der Waals surface area contributed by atoms with Gasteiger partial charge in [-0.2, -0.15) is 0 Å². The van der Waals surface area contributed by atoms with Gasteiger partial charge >= 0.3 is 23.9 Å². The molecule has 23 heteroatoms. The number of unbranched alkanes of at least 4 members (excludes halogenated alkanes) is 13. The Morgan fingerprint density at radius 1 is 0.382 bits per heavy atom. The van der Waals surface area contributed by atoms with Crippen LogP contribution >= 0.6 is 0 Å². The van der Waals surface area contributed by atoms with Crippen molar-refractivity contribution in [3.63, 3.8) is 0 Å². The maximum atomic E-state index is 12.6. The Bertz CT molecular complexity index is 1480. The summed E-state index contributed by atoms with van der Waals surface area (Å²) in [7, 11) is 0. The van der Waals surface area contributed by atoms with Crippen LogP contribution < -0.4 is 26.6 Å². The molecule has 390 valence electrons. The lowest BCUT2D eigenvalue weighted by atomic mass is 10.0. The molecule has 23 nitrogen and oxygen atoms in total. The number of aliphatic carboxylic acids is 4. The number of carboxylic acid groups (broad SMARTS) is 4. The first-order valence-corrected chi connectivity index (χ1v) is 23.7. The van der Waals surface area contributed by atoms with Gasteiger partial charge in [0.1, 0.15) is 37.6 Å². The number of carbonyl (C=O) groups excluding carboxylic acids is 6. The second kappa shape index (κ2) is 43.0. The fourth-order valence-electron chi connectivity index (χ4n) is 6.48. The SMILES string of the molecule is O=CCOCCOCCNC(=O)COCCOCCNC(=O)CCC(NC(=O)CCC(NC(=O)CCC(NC(=O)CCCCCCCCCCCCCCCCC(=O)O)C(=O)O)C(=O)O)C(=O)O. The van der Waals surface area contributed by atoms with E-state index in [2.05, 4.69) is 26.6 Å². The molecule has 0 saturated heterocycles. The number of amides is 5. The Kier molecular flexibility index (Phi) is 39.7. The largest absolute Gasteiger partial charge is 0.481 e. The summed E-state index contributed by atoms with van der Waals surface area (Å²) in [5, 5.41) is 49.4. The van der Waals surface area contributed by atoms with Crippen LogP contribution in [0.2, 0.25) is 0 Å². The van der Waals surface area contributed by atoms with E-state index in [4.69, 9.17) is 24.1 Å². The molecule has 0 aliphatic rings. The Hall–Kier alpha value is -5.26. The van der Waals surface area contributed by atoms with Crippen LogP contribution in [0.1, 0.15) is 141 Å². The highest BCUT2D eigenvalue weighted by Gasteiger charge is 2.26. The molecule has 0 rings (SSSR count).